The van der Waals surface area contributed by atoms with Crippen LogP contribution in [0.5, 0.6) is 0 Å². The van der Waals surface area contributed by atoms with E-state index in [2.05, 4.69) is 6.07 Å². The van der Waals surface area contributed by atoms with Crippen LogP contribution in [0.15, 0.2) is 16.8 Å². The van der Waals surface area contributed by atoms with Crippen LogP contribution in [0.25, 0.3) is 0 Å². The molecule has 2 nitrogen and oxygen atoms in total. The Morgan fingerprint density at radius 3 is 3.00 bits per heavy atom. The van der Waals surface area contributed by atoms with E-state index in [0.29, 0.717) is 6.42 Å². The Labute approximate surface area is 75.5 Å². The molecule has 0 bridgehead atoms. The van der Waals surface area contributed by atoms with E-state index in [-0.39, 0.29) is 11.7 Å². The number of rotatable bonds is 3. The van der Waals surface area contributed by atoms with Crippen molar-refractivity contribution in [3.05, 3.63) is 22.4 Å². The lowest BCUT2D eigenvalue weighted by atomic mass is 9.98. The minimum absolute atomic E-state index is 0.0627. The highest BCUT2D eigenvalue weighted by atomic mass is 32.1. The quantitative estimate of drug-likeness (QED) is 0.714. The molecule has 62 valence electrons. The predicted octanol–water partition coefficient (Wildman–Crippen LogP) is 2.33. The fourth-order valence-corrected chi connectivity index (χ4v) is 1.71. The molecule has 0 saturated heterocycles. The first-order chi connectivity index (χ1) is 5.74. The zero-order valence-electron chi connectivity index (χ0n) is 6.78. The van der Waals surface area contributed by atoms with Crippen LogP contribution >= 0.6 is 11.3 Å². The number of carbonyl (C=O) groups excluding carboxylic acids is 1. The van der Waals surface area contributed by atoms with Crippen molar-refractivity contribution in [2.75, 3.05) is 0 Å². The van der Waals surface area contributed by atoms with Gasteiger partial charge in [0.2, 0.25) is 0 Å². The summed E-state index contributed by atoms with van der Waals surface area (Å²) < 4.78 is 0. The maximum absolute atomic E-state index is 10.8. The van der Waals surface area contributed by atoms with E-state index in [0.717, 1.165) is 5.56 Å². The van der Waals surface area contributed by atoms with Gasteiger partial charge in [0.05, 0.1) is 12.0 Å². The summed E-state index contributed by atoms with van der Waals surface area (Å²) in [5.41, 5.74) is 0.956. The number of nitrogens with zero attached hydrogens (tertiary/aromatic N) is 1. The van der Waals surface area contributed by atoms with Gasteiger partial charge in [-0.3, -0.25) is 4.79 Å². The van der Waals surface area contributed by atoms with Crippen LogP contribution in [0, 0.1) is 11.3 Å². The number of Topliss-reactive ketones (excluding diaryl/α,β-unsaturated/α-hetero) is 1. The topological polar surface area (TPSA) is 40.9 Å². The molecular formula is C9H9NOS. The Hall–Kier alpha value is -1.14. The zero-order valence-corrected chi connectivity index (χ0v) is 7.60. The summed E-state index contributed by atoms with van der Waals surface area (Å²) in [6, 6.07) is 4.01. The van der Waals surface area contributed by atoms with Gasteiger partial charge in [0.1, 0.15) is 5.78 Å². The molecule has 1 unspecified atom stereocenters. The predicted molar refractivity (Wildman–Crippen MR) is 48.0 cm³/mol. The second kappa shape index (κ2) is 4.03. The summed E-state index contributed by atoms with van der Waals surface area (Å²) >= 11 is 1.55. The molecule has 0 aliphatic rings. The molecule has 1 atom stereocenters. The van der Waals surface area contributed by atoms with Crippen molar-refractivity contribution < 1.29 is 4.79 Å². The first kappa shape index (κ1) is 8.95. The summed E-state index contributed by atoms with van der Waals surface area (Å²) in [5.74, 6) is -0.193. The zero-order chi connectivity index (χ0) is 8.97. The Morgan fingerprint density at radius 2 is 2.58 bits per heavy atom. The minimum Gasteiger partial charge on any atom is -0.300 e. The average Bonchev–Trinajstić information content (AvgIpc) is 2.51. The van der Waals surface area contributed by atoms with Crippen molar-refractivity contribution in [2.24, 2.45) is 0 Å². The molecule has 0 amide bonds. The summed E-state index contributed by atoms with van der Waals surface area (Å²) in [6.07, 6.45) is 0.327. The lowest BCUT2D eigenvalue weighted by molar-refractivity contribution is -0.117. The van der Waals surface area contributed by atoms with Crippen LogP contribution in [0.2, 0.25) is 0 Å². The van der Waals surface area contributed by atoms with Gasteiger partial charge in [-0.15, -0.1) is 0 Å². The molecule has 12 heavy (non-hydrogen) atoms. The van der Waals surface area contributed by atoms with Crippen molar-refractivity contribution in [3.8, 4) is 6.07 Å². The number of thiophene rings is 1. The van der Waals surface area contributed by atoms with Crippen LogP contribution < -0.4 is 0 Å². The van der Waals surface area contributed by atoms with Gasteiger partial charge >= 0.3 is 0 Å². The Kier molecular flexibility index (Phi) is 3.01. The van der Waals surface area contributed by atoms with Crippen molar-refractivity contribution in [2.45, 2.75) is 19.3 Å². The fraction of sp³-hybridized carbons (Fsp3) is 0.333. The van der Waals surface area contributed by atoms with Crippen molar-refractivity contribution in [1.82, 2.24) is 0 Å². The first-order valence-corrected chi connectivity index (χ1v) is 4.59. The van der Waals surface area contributed by atoms with Gasteiger partial charge in [-0.1, -0.05) is 0 Å². The van der Waals surface area contributed by atoms with Gasteiger partial charge in [-0.25, -0.2) is 0 Å². The maximum Gasteiger partial charge on any atom is 0.131 e. The van der Waals surface area contributed by atoms with Crippen LogP contribution in [0.4, 0.5) is 0 Å². The number of ketones is 1. The molecule has 3 heteroatoms. The number of hydrogen-bond acceptors (Lipinski definition) is 3. The molecule has 0 aliphatic heterocycles. The highest BCUT2D eigenvalue weighted by Gasteiger charge is 2.12. The summed E-state index contributed by atoms with van der Waals surface area (Å²) in [4.78, 5) is 10.8. The van der Waals surface area contributed by atoms with E-state index in [9.17, 15) is 4.79 Å². The van der Waals surface area contributed by atoms with E-state index < -0.39 is 0 Å². The first-order valence-electron chi connectivity index (χ1n) is 3.65. The fourth-order valence-electron chi connectivity index (χ4n) is 0.999. The molecule has 0 aliphatic carbocycles. The lowest BCUT2D eigenvalue weighted by Crippen LogP contribution is -2.00. The van der Waals surface area contributed by atoms with E-state index in [4.69, 9.17) is 5.26 Å². The van der Waals surface area contributed by atoms with Crippen molar-refractivity contribution in [1.29, 1.82) is 5.26 Å². The highest BCUT2D eigenvalue weighted by Crippen LogP contribution is 2.21. The molecule has 1 aromatic heterocycles. The molecule has 0 radical (unpaired) electrons. The van der Waals surface area contributed by atoms with Crippen molar-refractivity contribution >= 4 is 17.1 Å². The summed E-state index contributed by atoms with van der Waals surface area (Å²) in [7, 11) is 0. The largest absolute Gasteiger partial charge is 0.300 e. The third kappa shape index (κ3) is 2.18. The molecule has 0 fully saturated rings. The third-order valence-corrected chi connectivity index (χ3v) is 2.29. The maximum atomic E-state index is 10.8. The second-order valence-electron chi connectivity index (χ2n) is 2.64. The molecule has 1 aromatic rings. The number of carbonyl (C=O) groups is 1. The molecule has 0 saturated carbocycles. The molecule has 1 heterocycles. The number of nitriles is 1. The van der Waals surface area contributed by atoms with Gasteiger partial charge in [-0.2, -0.15) is 16.6 Å². The smallest absolute Gasteiger partial charge is 0.131 e. The molecule has 0 spiro atoms. The molecule has 1 rings (SSSR count). The standard InChI is InChI=1S/C9H9NOS/c1-7(11)4-9(5-10)8-2-3-12-6-8/h2-3,6,9H,4H2,1H3. The van der Waals surface area contributed by atoms with E-state index >= 15 is 0 Å². The SMILES string of the molecule is CC(=O)CC(C#N)c1ccsc1. The Bertz CT molecular complexity index is 297. The van der Waals surface area contributed by atoms with E-state index in [1.54, 1.807) is 11.3 Å². The monoisotopic (exact) mass is 179 g/mol. The van der Waals surface area contributed by atoms with Gasteiger partial charge < -0.3 is 0 Å². The lowest BCUT2D eigenvalue weighted by Gasteiger charge is -2.02. The van der Waals surface area contributed by atoms with E-state index in [1.807, 2.05) is 16.8 Å². The molecule has 0 aromatic carbocycles. The van der Waals surface area contributed by atoms with E-state index in [1.165, 1.54) is 6.92 Å². The minimum atomic E-state index is -0.256. The summed E-state index contributed by atoms with van der Waals surface area (Å²) in [5, 5.41) is 12.6. The van der Waals surface area contributed by atoms with Crippen LogP contribution in [-0.2, 0) is 4.79 Å². The Morgan fingerprint density at radius 1 is 1.83 bits per heavy atom. The highest BCUT2D eigenvalue weighted by molar-refractivity contribution is 7.08. The normalized spacial score (nSPS) is 12.0. The third-order valence-electron chi connectivity index (χ3n) is 1.59. The molecular weight excluding hydrogens is 170 g/mol. The molecule has 0 N–H and O–H groups in total. The number of hydrogen-bond donors (Lipinski definition) is 0. The summed E-state index contributed by atoms with van der Waals surface area (Å²) in [6.45, 7) is 1.51. The van der Waals surface area contributed by atoms with Crippen molar-refractivity contribution in [3.63, 3.8) is 0 Å². The van der Waals surface area contributed by atoms with Crippen LogP contribution in [0.3, 0.4) is 0 Å². The van der Waals surface area contributed by atoms with Gasteiger partial charge in [0.25, 0.3) is 0 Å². The Balaban J connectivity index is 2.72. The second-order valence-corrected chi connectivity index (χ2v) is 3.42. The van der Waals surface area contributed by atoms with Gasteiger partial charge in [-0.05, 0) is 29.3 Å². The average molecular weight is 179 g/mol. The van der Waals surface area contributed by atoms with Crippen LogP contribution in [0.1, 0.15) is 24.8 Å². The van der Waals surface area contributed by atoms with Gasteiger partial charge in [0.15, 0.2) is 0 Å². The van der Waals surface area contributed by atoms with Gasteiger partial charge in [0, 0.05) is 6.42 Å². The van der Waals surface area contributed by atoms with Crippen LogP contribution in [-0.4, -0.2) is 5.78 Å².